The van der Waals surface area contributed by atoms with Crippen molar-refractivity contribution in [1.82, 2.24) is 14.5 Å². The number of rotatable bonds is 7. The number of nitrogens with one attached hydrogen (secondary N) is 1. The number of halogens is 3. The highest BCUT2D eigenvalue weighted by molar-refractivity contribution is 7.82. The predicted molar refractivity (Wildman–Crippen MR) is 123 cm³/mol. The summed E-state index contributed by atoms with van der Waals surface area (Å²) in [5.41, 5.74) is 0.738. The number of aliphatic hydroxyl groups is 1. The van der Waals surface area contributed by atoms with Crippen molar-refractivity contribution in [2.24, 2.45) is 0 Å². The van der Waals surface area contributed by atoms with Crippen LogP contribution in [0, 0.1) is 6.92 Å². The molecule has 2 atom stereocenters. The van der Waals surface area contributed by atoms with Gasteiger partial charge in [0, 0.05) is 51.1 Å². The highest BCUT2D eigenvalue weighted by Crippen LogP contribution is 2.41. The molecule has 1 saturated heterocycles. The molecule has 1 amide bonds. The van der Waals surface area contributed by atoms with E-state index in [0.717, 1.165) is 5.56 Å². The fourth-order valence-electron chi connectivity index (χ4n) is 4.51. The van der Waals surface area contributed by atoms with Gasteiger partial charge in [-0.15, -0.1) is 0 Å². The van der Waals surface area contributed by atoms with E-state index in [2.05, 4.69) is 10.2 Å². The zero-order valence-electron chi connectivity index (χ0n) is 18.6. The summed E-state index contributed by atoms with van der Waals surface area (Å²) in [7, 11) is -1.27. The van der Waals surface area contributed by atoms with Gasteiger partial charge in [-0.1, -0.05) is 17.7 Å². The number of aryl methyl sites for hydroxylation is 1. The second-order valence-electron chi connectivity index (χ2n) is 9.00. The molecule has 1 saturated carbocycles. The quantitative estimate of drug-likeness (QED) is 0.615. The highest BCUT2D eigenvalue weighted by Gasteiger charge is 2.47. The van der Waals surface area contributed by atoms with Crippen molar-refractivity contribution >= 4 is 28.5 Å². The maximum atomic E-state index is 14.0. The molecule has 1 aromatic rings. The molecule has 2 aliphatic rings. The standard InChI is InChI=1S/C22H32ClF2N3O3S/c1-16-3-4-18(19(23)13-16)20(30)26-15-21(5-7-22(24,25)8-6-21)27-9-11-28(12-10-27)32(31)14-17(2)29/h3-4,13,17,29H,5-12,14-15H2,1-2H3,(H,26,30). The van der Waals surface area contributed by atoms with Crippen molar-refractivity contribution in [2.45, 2.75) is 57.1 Å². The van der Waals surface area contributed by atoms with E-state index in [9.17, 15) is 22.9 Å². The fourth-order valence-corrected chi connectivity index (χ4v) is 6.02. The second kappa shape index (κ2) is 10.4. The monoisotopic (exact) mass is 491 g/mol. The van der Waals surface area contributed by atoms with E-state index in [1.165, 1.54) is 0 Å². The largest absolute Gasteiger partial charge is 0.392 e. The fraction of sp³-hybridized carbons (Fsp3) is 0.682. The minimum absolute atomic E-state index is 0.185. The van der Waals surface area contributed by atoms with Gasteiger partial charge in [0.05, 0.1) is 33.4 Å². The Hall–Kier alpha value is -1.13. The van der Waals surface area contributed by atoms with E-state index in [4.69, 9.17) is 11.6 Å². The minimum Gasteiger partial charge on any atom is -0.392 e. The van der Waals surface area contributed by atoms with Crippen LogP contribution < -0.4 is 5.32 Å². The van der Waals surface area contributed by atoms with Crippen LogP contribution in [0.25, 0.3) is 0 Å². The Morgan fingerprint density at radius 3 is 2.41 bits per heavy atom. The van der Waals surface area contributed by atoms with Gasteiger partial charge in [0.1, 0.15) is 0 Å². The van der Waals surface area contributed by atoms with Crippen LogP contribution in [0.2, 0.25) is 5.02 Å². The Bertz CT molecular complexity index is 838. The van der Waals surface area contributed by atoms with Crippen molar-refractivity contribution in [2.75, 3.05) is 38.5 Å². The van der Waals surface area contributed by atoms with Gasteiger partial charge in [-0.3, -0.25) is 9.69 Å². The van der Waals surface area contributed by atoms with E-state index >= 15 is 0 Å². The molecule has 1 aliphatic carbocycles. The second-order valence-corrected chi connectivity index (χ2v) is 10.9. The molecule has 1 aliphatic heterocycles. The maximum Gasteiger partial charge on any atom is 0.252 e. The van der Waals surface area contributed by atoms with Gasteiger partial charge >= 0.3 is 0 Å². The van der Waals surface area contributed by atoms with Crippen LogP contribution in [0.5, 0.6) is 0 Å². The number of nitrogens with zero attached hydrogens (tertiary/aromatic N) is 2. The number of hydrogen-bond acceptors (Lipinski definition) is 4. The molecule has 0 spiro atoms. The van der Waals surface area contributed by atoms with Gasteiger partial charge in [-0.2, -0.15) is 0 Å². The Morgan fingerprint density at radius 2 is 1.84 bits per heavy atom. The normalized spacial score (nSPS) is 23.4. The molecule has 3 rings (SSSR count). The van der Waals surface area contributed by atoms with Gasteiger partial charge < -0.3 is 10.4 Å². The summed E-state index contributed by atoms with van der Waals surface area (Å²) in [6.45, 7) is 5.93. The number of aliphatic hydroxyl groups excluding tert-OH is 1. The Morgan fingerprint density at radius 1 is 1.22 bits per heavy atom. The molecular formula is C22H32ClF2N3O3S. The molecule has 10 heteroatoms. The van der Waals surface area contributed by atoms with Gasteiger partial charge in [0.2, 0.25) is 5.92 Å². The maximum absolute atomic E-state index is 14.0. The first-order valence-electron chi connectivity index (χ1n) is 11.0. The first kappa shape index (κ1) is 25.5. The van der Waals surface area contributed by atoms with Crippen molar-refractivity contribution in [1.29, 1.82) is 0 Å². The number of benzene rings is 1. The molecule has 0 radical (unpaired) electrons. The topological polar surface area (TPSA) is 72.9 Å². The van der Waals surface area contributed by atoms with Crippen molar-refractivity contribution < 1.29 is 22.9 Å². The number of piperazine rings is 1. The van der Waals surface area contributed by atoms with E-state index in [-0.39, 0.29) is 43.9 Å². The number of carbonyl (C=O) groups excluding carboxylic acids is 1. The lowest BCUT2D eigenvalue weighted by molar-refractivity contribution is -0.0855. The van der Waals surface area contributed by atoms with E-state index < -0.39 is 28.6 Å². The first-order valence-corrected chi connectivity index (χ1v) is 12.7. The summed E-state index contributed by atoms with van der Waals surface area (Å²) in [5, 5.41) is 12.8. The summed E-state index contributed by atoms with van der Waals surface area (Å²) < 4.78 is 42.1. The van der Waals surface area contributed by atoms with E-state index in [1.807, 2.05) is 17.3 Å². The lowest BCUT2D eigenvalue weighted by Crippen LogP contribution is -2.63. The lowest BCUT2D eigenvalue weighted by atomic mass is 9.78. The highest BCUT2D eigenvalue weighted by atomic mass is 35.5. The molecular weight excluding hydrogens is 460 g/mol. The lowest BCUT2D eigenvalue weighted by Gasteiger charge is -2.50. The summed E-state index contributed by atoms with van der Waals surface area (Å²) >= 11 is 6.23. The van der Waals surface area contributed by atoms with Crippen LogP contribution in [0.4, 0.5) is 8.78 Å². The molecule has 2 N–H and O–H groups in total. The smallest absolute Gasteiger partial charge is 0.252 e. The molecule has 0 aromatic heterocycles. The number of alkyl halides is 2. The van der Waals surface area contributed by atoms with Crippen LogP contribution in [0.15, 0.2) is 18.2 Å². The number of amides is 1. The third-order valence-corrected chi connectivity index (χ3v) is 8.46. The van der Waals surface area contributed by atoms with Crippen molar-refractivity contribution in [3.05, 3.63) is 34.3 Å². The Kier molecular flexibility index (Phi) is 8.30. The zero-order valence-corrected chi connectivity index (χ0v) is 20.2. The summed E-state index contributed by atoms with van der Waals surface area (Å²) in [4.78, 5) is 14.9. The third-order valence-electron chi connectivity index (χ3n) is 6.44. The average molecular weight is 492 g/mol. The Balaban J connectivity index is 1.69. The third kappa shape index (κ3) is 6.26. The molecule has 2 unspecified atom stereocenters. The van der Waals surface area contributed by atoms with Crippen molar-refractivity contribution in [3.8, 4) is 0 Å². The van der Waals surface area contributed by atoms with Crippen LogP contribution in [-0.2, 0) is 11.0 Å². The van der Waals surface area contributed by atoms with Crippen molar-refractivity contribution in [3.63, 3.8) is 0 Å². The summed E-state index contributed by atoms with van der Waals surface area (Å²) in [5.74, 6) is -2.82. The van der Waals surface area contributed by atoms with Gasteiger partial charge in [0.15, 0.2) is 0 Å². The van der Waals surface area contributed by atoms with E-state index in [1.54, 1.807) is 19.1 Å². The van der Waals surface area contributed by atoms with Crippen LogP contribution in [-0.4, -0.2) is 80.5 Å². The van der Waals surface area contributed by atoms with Gasteiger partial charge in [-0.25, -0.2) is 17.3 Å². The molecule has 1 heterocycles. The van der Waals surface area contributed by atoms with E-state index in [0.29, 0.717) is 36.8 Å². The predicted octanol–water partition coefficient (Wildman–Crippen LogP) is 2.99. The molecule has 6 nitrogen and oxygen atoms in total. The number of carbonyl (C=O) groups is 1. The van der Waals surface area contributed by atoms with Crippen LogP contribution in [0.3, 0.4) is 0 Å². The van der Waals surface area contributed by atoms with Gasteiger partial charge in [-0.05, 0) is 44.4 Å². The molecule has 1 aromatic carbocycles. The summed E-state index contributed by atoms with van der Waals surface area (Å²) in [6, 6.07) is 5.20. The number of hydrogen-bond donors (Lipinski definition) is 2. The average Bonchev–Trinajstić information content (AvgIpc) is 2.73. The summed E-state index contributed by atoms with van der Waals surface area (Å²) in [6.07, 6.45) is -0.535. The molecule has 2 fully saturated rings. The molecule has 0 bridgehead atoms. The minimum atomic E-state index is -2.69. The SMILES string of the molecule is Cc1ccc(C(=O)NCC2(N3CCN(S(=O)CC(C)O)CC3)CCC(F)(F)CC2)c(Cl)c1. The Labute approximate surface area is 195 Å². The molecule has 180 valence electrons. The van der Waals surface area contributed by atoms with Crippen LogP contribution in [0.1, 0.15) is 48.5 Å². The zero-order chi connectivity index (χ0) is 23.5. The van der Waals surface area contributed by atoms with Gasteiger partial charge in [0.25, 0.3) is 5.91 Å². The first-order chi connectivity index (χ1) is 15.0. The van der Waals surface area contributed by atoms with Crippen LogP contribution >= 0.6 is 11.6 Å². The molecule has 32 heavy (non-hydrogen) atoms.